The first-order chi connectivity index (χ1) is 6.04. The van der Waals surface area contributed by atoms with Crippen molar-refractivity contribution < 1.29 is 9.84 Å². The molecule has 0 aromatic heterocycles. The van der Waals surface area contributed by atoms with Crippen molar-refractivity contribution >= 4 is 0 Å². The van der Waals surface area contributed by atoms with Crippen molar-refractivity contribution in [2.24, 2.45) is 17.8 Å². The summed E-state index contributed by atoms with van der Waals surface area (Å²) in [5, 5.41) is 9.41. The molecule has 3 atom stereocenters. The SMILES string of the molecule is CC(C)(O)OCC1CC2C=CC1C2. The van der Waals surface area contributed by atoms with E-state index in [1.54, 1.807) is 13.8 Å². The zero-order valence-electron chi connectivity index (χ0n) is 8.36. The summed E-state index contributed by atoms with van der Waals surface area (Å²) in [5.74, 6) is 1.18. The average Bonchev–Trinajstić information content (AvgIpc) is 2.58. The Bertz CT molecular complexity index is 215. The van der Waals surface area contributed by atoms with Gasteiger partial charge in [-0.15, -0.1) is 0 Å². The highest BCUT2D eigenvalue weighted by molar-refractivity contribution is 5.09. The fraction of sp³-hybridized carbons (Fsp3) is 0.818. The lowest BCUT2D eigenvalue weighted by Gasteiger charge is -2.24. The van der Waals surface area contributed by atoms with E-state index in [2.05, 4.69) is 12.2 Å². The molecule has 2 nitrogen and oxygen atoms in total. The summed E-state index contributed by atoms with van der Waals surface area (Å²) in [6.45, 7) is 4.08. The number of hydrogen-bond donors (Lipinski definition) is 1. The van der Waals surface area contributed by atoms with Crippen molar-refractivity contribution in [3.63, 3.8) is 0 Å². The molecule has 2 aliphatic carbocycles. The van der Waals surface area contributed by atoms with Crippen LogP contribution in [0.1, 0.15) is 26.7 Å². The Morgan fingerprint density at radius 1 is 1.38 bits per heavy atom. The van der Waals surface area contributed by atoms with Crippen LogP contribution in [0.2, 0.25) is 0 Å². The topological polar surface area (TPSA) is 29.5 Å². The van der Waals surface area contributed by atoms with Crippen LogP contribution in [-0.4, -0.2) is 17.5 Å². The Kier molecular flexibility index (Phi) is 2.20. The van der Waals surface area contributed by atoms with Crippen molar-refractivity contribution in [3.05, 3.63) is 12.2 Å². The maximum atomic E-state index is 9.41. The summed E-state index contributed by atoms with van der Waals surface area (Å²) in [5.41, 5.74) is 0. The van der Waals surface area contributed by atoms with Gasteiger partial charge in [0.25, 0.3) is 0 Å². The summed E-state index contributed by atoms with van der Waals surface area (Å²) in [6.07, 6.45) is 7.19. The second-order valence-corrected chi connectivity index (χ2v) is 4.80. The van der Waals surface area contributed by atoms with Gasteiger partial charge >= 0.3 is 0 Å². The van der Waals surface area contributed by atoms with E-state index in [0.29, 0.717) is 18.4 Å². The number of ether oxygens (including phenoxy) is 1. The minimum Gasteiger partial charge on any atom is -0.366 e. The molecule has 2 rings (SSSR count). The standard InChI is InChI=1S/C11H18O2/c1-11(2,12)13-7-10-6-8-3-4-9(10)5-8/h3-4,8-10,12H,5-7H2,1-2H3. The Balaban J connectivity index is 1.81. The van der Waals surface area contributed by atoms with E-state index < -0.39 is 5.79 Å². The van der Waals surface area contributed by atoms with Gasteiger partial charge in [-0.05, 0) is 44.4 Å². The van der Waals surface area contributed by atoms with Crippen LogP contribution in [0.5, 0.6) is 0 Å². The molecule has 0 spiro atoms. The molecule has 0 aromatic rings. The van der Waals surface area contributed by atoms with E-state index in [9.17, 15) is 5.11 Å². The Labute approximate surface area is 79.6 Å². The van der Waals surface area contributed by atoms with Gasteiger partial charge in [-0.2, -0.15) is 0 Å². The molecular weight excluding hydrogens is 164 g/mol. The van der Waals surface area contributed by atoms with E-state index in [4.69, 9.17) is 4.74 Å². The zero-order chi connectivity index (χ0) is 9.47. The monoisotopic (exact) mass is 182 g/mol. The van der Waals surface area contributed by atoms with E-state index in [1.807, 2.05) is 0 Å². The van der Waals surface area contributed by atoms with Crippen molar-refractivity contribution in [2.45, 2.75) is 32.5 Å². The highest BCUT2D eigenvalue weighted by Crippen LogP contribution is 2.43. The first-order valence-electron chi connectivity index (χ1n) is 5.09. The van der Waals surface area contributed by atoms with Crippen molar-refractivity contribution in [1.29, 1.82) is 0 Å². The maximum absolute atomic E-state index is 9.41. The van der Waals surface area contributed by atoms with Crippen molar-refractivity contribution in [2.75, 3.05) is 6.61 Å². The summed E-state index contributed by atoms with van der Waals surface area (Å²) in [7, 11) is 0. The molecule has 74 valence electrons. The minimum absolute atomic E-state index is 0.640. The van der Waals surface area contributed by atoms with E-state index in [1.165, 1.54) is 12.8 Å². The molecule has 0 amide bonds. The number of rotatable bonds is 3. The minimum atomic E-state index is -0.967. The molecule has 0 aliphatic heterocycles. The zero-order valence-corrected chi connectivity index (χ0v) is 8.36. The van der Waals surface area contributed by atoms with Crippen molar-refractivity contribution in [1.82, 2.24) is 0 Å². The third kappa shape index (κ3) is 2.12. The summed E-state index contributed by atoms with van der Waals surface area (Å²) < 4.78 is 5.39. The number of fused-ring (bicyclic) bond motifs is 2. The van der Waals surface area contributed by atoms with Crippen LogP contribution in [0.25, 0.3) is 0 Å². The van der Waals surface area contributed by atoms with Gasteiger partial charge in [0.1, 0.15) is 0 Å². The Hall–Kier alpha value is -0.340. The van der Waals surface area contributed by atoms with Gasteiger partial charge in [-0.3, -0.25) is 0 Å². The average molecular weight is 182 g/mol. The van der Waals surface area contributed by atoms with Gasteiger partial charge < -0.3 is 9.84 Å². The normalized spacial score (nSPS) is 37.3. The molecule has 0 radical (unpaired) electrons. The van der Waals surface area contributed by atoms with E-state index in [0.717, 1.165) is 5.92 Å². The summed E-state index contributed by atoms with van der Waals surface area (Å²) in [4.78, 5) is 0. The molecule has 13 heavy (non-hydrogen) atoms. The molecule has 1 fully saturated rings. The molecule has 2 aliphatic rings. The van der Waals surface area contributed by atoms with Crippen LogP contribution >= 0.6 is 0 Å². The van der Waals surface area contributed by atoms with Crippen LogP contribution in [0.15, 0.2) is 12.2 Å². The van der Waals surface area contributed by atoms with Crippen LogP contribution < -0.4 is 0 Å². The predicted octanol–water partition coefficient (Wildman–Crippen LogP) is 1.94. The van der Waals surface area contributed by atoms with E-state index in [-0.39, 0.29) is 0 Å². The third-order valence-electron chi connectivity index (χ3n) is 3.07. The van der Waals surface area contributed by atoms with Crippen LogP contribution in [0, 0.1) is 17.8 Å². The number of hydrogen-bond acceptors (Lipinski definition) is 2. The van der Waals surface area contributed by atoms with Crippen molar-refractivity contribution in [3.8, 4) is 0 Å². The van der Waals surface area contributed by atoms with Crippen LogP contribution in [-0.2, 0) is 4.74 Å². The first-order valence-corrected chi connectivity index (χ1v) is 5.09. The number of allylic oxidation sites excluding steroid dienone is 2. The van der Waals surface area contributed by atoms with Gasteiger partial charge in [-0.25, -0.2) is 0 Å². The van der Waals surface area contributed by atoms with E-state index >= 15 is 0 Å². The predicted molar refractivity (Wildman–Crippen MR) is 51.1 cm³/mol. The highest BCUT2D eigenvalue weighted by atomic mass is 16.6. The molecule has 0 aromatic carbocycles. The lowest BCUT2D eigenvalue weighted by atomic mass is 9.94. The number of aliphatic hydroxyl groups is 1. The van der Waals surface area contributed by atoms with Gasteiger partial charge in [0.15, 0.2) is 5.79 Å². The largest absolute Gasteiger partial charge is 0.366 e. The molecule has 0 saturated heterocycles. The maximum Gasteiger partial charge on any atom is 0.159 e. The molecular formula is C11H18O2. The quantitative estimate of drug-likeness (QED) is 0.534. The fourth-order valence-corrected chi connectivity index (χ4v) is 2.40. The van der Waals surface area contributed by atoms with Gasteiger partial charge in [0.05, 0.1) is 6.61 Å². The van der Waals surface area contributed by atoms with Gasteiger partial charge in [0, 0.05) is 0 Å². The van der Waals surface area contributed by atoms with Crippen LogP contribution in [0.3, 0.4) is 0 Å². The lowest BCUT2D eigenvalue weighted by molar-refractivity contribution is -0.184. The molecule has 0 heterocycles. The second kappa shape index (κ2) is 3.10. The van der Waals surface area contributed by atoms with Gasteiger partial charge in [-0.1, -0.05) is 12.2 Å². The Morgan fingerprint density at radius 3 is 2.62 bits per heavy atom. The van der Waals surface area contributed by atoms with Crippen LogP contribution in [0.4, 0.5) is 0 Å². The first kappa shape index (κ1) is 9.22. The summed E-state index contributed by atoms with van der Waals surface area (Å²) in [6, 6.07) is 0. The fourth-order valence-electron chi connectivity index (χ4n) is 2.40. The smallest absolute Gasteiger partial charge is 0.159 e. The van der Waals surface area contributed by atoms with Gasteiger partial charge in [0.2, 0.25) is 0 Å². The Morgan fingerprint density at radius 2 is 2.15 bits per heavy atom. The molecule has 2 heteroatoms. The molecule has 3 unspecified atom stereocenters. The molecule has 1 N–H and O–H groups in total. The molecule has 2 bridgehead atoms. The lowest BCUT2D eigenvalue weighted by Crippen LogP contribution is -2.27. The third-order valence-corrected chi connectivity index (χ3v) is 3.07. The molecule has 1 saturated carbocycles. The second-order valence-electron chi connectivity index (χ2n) is 4.80. The summed E-state index contributed by atoms with van der Waals surface area (Å²) >= 11 is 0. The highest BCUT2D eigenvalue weighted by Gasteiger charge is 2.36.